The molecule has 74 valence electrons. The number of halogens is 1. The first kappa shape index (κ1) is 8.38. The van der Waals surface area contributed by atoms with Crippen molar-refractivity contribution in [1.82, 2.24) is 5.32 Å². The summed E-state index contributed by atoms with van der Waals surface area (Å²) in [5.41, 5.74) is 2.30. The summed E-state index contributed by atoms with van der Waals surface area (Å²) in [4.78, 5) is 0. The second-order valence-electron chi connectivity index (χ2n) is 3.89. The Morgan fingerprint density at radius 2 is 2.36 bits per heavy atom. The van der Waals surface area contributed by atoms with E-state index in [1.807, 2.05) is 6.07 Å². The van der Waals surface area contributed by atoms with Gasteiger partial charge in [-0.2, -0.15) is 0 Å². The van der Waals surface area contributed by atoms with Crippen LogP contribution in [0.5, 0.6) is 0 Å². The number of nitrogens with one attached hydrogen (secondary N) is 1. The molecule has 2 atom stereocenters. The molecule has 1 unspecified atom stereocenters. The fourth-order valence-electron chi connectivity index (χ4n) is 2.41. The van der Waals surface area contributed by atoms with Gasteiger partial charge in [-0.3, -0.25) is 0 Å². The summed E-state index contributed by atoms with van der Waals surface area (Å²) in [6.07, 6.45) is 1.05. The second-order valence-corrected chi connectivity index (χ2v) is 3.89. The van der Waals surface area contributed by atoms with E-state index < -0.39 is 0 Å². The van der Waals surface area contributed by atoms with E-state index in [-0.39, 0.29) is 18.0 Å². The maximum absolute atomic E-state index is 13.0. The van der Waals surface area contributed by atoms with E-state index in [9.17, 15) is 4.39 Å². The monoisotopic (exact) mass is 193 g/mol. The minimum absolute atomic E-state index is 0.151. The lowest BCUT2D eigenvalue weighted by Crippen LogP contribution is -2.39. The van der Waals surface area contributed by atoms with E-state index in [1.165, 1.54) is 11.6 Å². The molecule has 3 rings (SSSR count). The zero-order valence-corrected chi connectivity index (χ0v) is 7.79. The highest BCUT2D eigenvalue weighted by molar-refractivity contribution is 5.37. The zero-order chi connectivity index (χ0) is 9.54. The molecular weight excluding hydrogens is 181 g/mol. The molecule has 1 saturated heterocycles. The predicted octanol–water partition coefficient (Wildman–Crippen LogP) is 1.41. The van der Waals surface area contributed by atoms with E-state index in [1.54, 1.807) is 6.07 Å². The third kappa shape index (κ3) is 1.16. The van der Waals surface area contributed by atoms with Crippen LogP contribution < -0.4 is 5.32 Å². The van der Waals surface area contributed by atoms with Crippen LogP contribution in [0.25, 0.3) is 0 Å². The number of benzene rings is 1. The third-order valence-electron chi connectivity index (χ3n) is 3.03. The highest BCUT2D eigenvalue weighted by atomic mass is 19.1. The molecule has 1 N–H and O–H groups in total. The van der Waals surface area contributed by atoms with E-state index in [0.717, 1.165) is 25.1 Å². The quantitative estimate of drug-likeness (QED) is 0.672. The van der Waals surface area contributed by atoms with Crippen molar-refractivity contribution in [1.29, 1.82) is 0 Å². The normalized spacial score (nSPS) is 29.8. The lowest BCUT2D eigenvalue weighted by Gasteiger charge is -2.27. The highest BCUT2D eigenvalue weighted by Crippen LogP contribution is 2.34. The Labute approximate surface area is 82.1 Å². The van der Waals surface area contributed by atoms with Gasteiger partial charge in [0.1, 0.15) is 5.82 Å². The van der Waals surface area contributed by atoms with Crippen LogP contribution in [0.4, 0.5) is 4.39 Å². The smallest absolute Gasteiger partial charge is 0.123 e. The van der Waals surface area contributed by atoms with Crippen molar-refractivity contribution in [2.45, 2.75) is 18.6 Å². The van der Waals surface area contributed by atoms with Crippen LogP contribution >= 0.6 is 0 Å². The summed E-state index contributed by atoms with van der Waals surface area (Å²) in [6, 6.07) is 5.30. The van der Waals surface area contributed by atoms with Crippen LogP contribution in [-0.2, 0) is 11.2 Å². The van der Waals surface area contributed by atoms with Gasteiger partial charge in [0.15, 0.2) is 0 Å². The molecule has 1 aliphatic carbocycles. The number of ether oxygens (including phenoxy) is 1. The molecule has 0 bridgehead atoms. The molecule has 0 aromatic heterocycles. The van der Waals surface area contributed by atoms with Gasteiger partial charge in [-0.05, 0) is 23.3 Å². The van der Waals surface area contributed by atoms with Gasteiger partial charge in [0.2, 0.25) is 0 Å². The number of rotatable bonds is 0. The first-order chi connectivity index (χ1) is 6.84. The van der Waals surface area contributed by atoms with Crippen molar-refractivity contribution in [3.05, 3.63) is 35.1 Å². The van der Waals surface area contributed by atoms with Gasteiger partial charge in [-0.15, -0.1) is 0 Å². The van der Waals surface area contributed by atoms with Gasteiger partial charge in [-0.1, -0.05) is 6.07 Å². The van der Waals surface area contributed by atoms with Crippen molar-refractivity contribution in [3.63, 3.8) is 0 Å². The molecule has 2 nitrogen and oxygen atoms in total. The van der Waals surface area contributed by atoms with Crippen LogP contribution in [0.3, 0.4) is 0 Å². The van der Waals surface area contributed by atoms with Gasteiger partial charge >= 0.3 is 0 Å². The molecule has 1 fully saturated rings. The van der Waals surface area contributed by atoms with Crippen molar-refractivity contribution in [2.75, 3.05) is 13.2 Å². The molecule has 0 amide bonds. The molecule has 14 heavy (non-hydrogen) atoms. The summed E-state index contributed by atoms with van der Waals surface area (Å²) in [7, 11) is 0. The summed E-state index contributed by atoms with van der Waals surface area (Å²) in [5, 5.41) is 3.41. The molecule has 2 aliphatic rings. The zero-order valence-electron chi connectivity index (χ0n) is 7.79. The van der Waals surface area contributed by atoms with Gasteiger partial charge in [-0.25, -0.2) is 4.39 Å². The molecule has 0 saturated carbocycles. The SMILES string of the molecule is Fc1ccc2c(c1)C[C@H]1OCCNC21. The first-order valence-electron chi connectivity index (χ1n) is 4.98. The molecule has 3 heteroatoms. The average Bonchev–Trinajstić information content (AvgIpc) is 2.54. The second kappa shape index (κ2) is 3.04. The van der Waals surface area contributed by atoms with Gasteiger partial charge in [0.05, 0.1) is 18.8 Å². The standard InChI is InChI=1S/C11H12FNO/c12-8-1-2-9-7(5-8)6-10-11(9)13-3-4-14-10/h1-2,5,10-11,13H,3-4,6H2/t10-,11?/m1/s1. The molecule has 0 spiro atoms. The van der Waals surface area contributed by atoms with Crippen molar-refractivity contribution >= 4 is 0 Å². The van der Waals surface area contributed by atoms with Crippen LogP contribution in [0.1, 0.15) is 17.2 Å². The number of fused-ring (bicyclic) bond motifs is 3. The molecule has 1 aromatic carbocycles. The predicted molar refractivity (Wildman–Crippen MR) is 50.6 cm³/mol. The van der Waals surface area contributed by atoms with Crippen molar-refractivity contribution in [3.8, 4) is 0 Å². The minimum Gasteiger partial charge on any atom is -0.375 e. The Balaban J connectivity index is 2.01. The van der Waals surface area contributed by atoms with Crippen LogP contribution in [0, 0.1) is 5.82 Å². The fraction of sp³-hybridized carbons (Fsp3) is 0.455. The number of hydrogen-bond donors (Lipinski definition) is 1. The summed E-state index contributed by atoms with van der Waals surface area (Å²) in [5.74, 6) is -0.151. The van der Waals surface area contributed by atoms with Gasteiger partial charge in [0.25, 0.3) is 0 Å². The van der Waals surface area contributed by atoms with Crippen molar-refractivity contribution < 1.29 is 9.13 Å². The number of hydrogen-bond acceptors (Lipinski definition) is 2. The Morgan fingerprint density at radius 1 is 1.43 bits per heavy atom. The Bertz CT molecular complexity index is 366. The van der Waals surface area contributed by atoms with Crippen molar-refractivity contribution in [2.24, 2.45) is 0 Å². The van der Waals surface area contributed by atoms with E-state index in [4.69, 9.17) is 4.74 Å². The largest absolute Gasteiger partial charge is 0.375 e. The van der Waals surface area contributed by atoms with Crippen LogP contribution in [0.2, 0.25) is 0 Å². The molecule has 1 heterocycles. The first-order valence-corrected chi connectivity index (χ1v) is 4.98. The third-order valence-corrected chi connectivity index (χ3v) is 3.03. The van der Waals surface area contributed by atoms with Gasteiger partial charge < -0.3 is 10.1 Å². The lowest BCUT2D eigenvalue weighted by molar-refractivity contribution is 0.00503. The Morgan fingerprint density at radius 3 is 3.29 bits per heavy atom. The highest BCUT2D eigenvalue weighted by Gasteiger charge is 2.34. The molecule has 1 aliphatic heterocycles. The molecular formula is C11H12FNO. The summed E-state index contributed by atoms with van der Waals surface area (Å²) in [6.45, 7) is 1.65. The number of morpholine rings is 1. The fourth-order valence-corrected chi connectivity index (χ4v) is 2.41. The topological polar surface area (TPSA) is 21.3 Å². The maximum atomic E-state index is 13.0. The summed E-state index contributed by atoms with van der Waals surface area (Å²) >= 11 is 0. The molecule has 0 radical (unpaired) electrons. The lowest BCUT2D eigenvalue weighted by atomic mass is 10.1. The Kier molecular flexibility index (Phi) is 1.82. The van der Waals surface area contributed by atoms with E-state index in [2.05, 4.69) is 5.32 Å². The van der Waals surface area contributed by atoms with E-state index >= 15 is 0 Å². The van der Waals surface area contributed by atoms with E-state index in [0.29, 0.717) is 0 Å². The van der Waals surface area contributed by atoms with Crippen LogP contribution in [-0.4, -0.2) is 19.3 Å². The molecule has 1 aromatic rings. The maximum Gasteiger partial charge on any atom is 0.123 e. The Hall–Kier alpha value is -0.930. The van der Waals surface area contributed by atoms with Gasteiger partial charge in [0, 0.05) is 13.0 Å². The minimum atomic E-state index is -0.151. The average molecular weight is 193 g/mol. The van der Waals surface area contributed by atoms with Crippen LogP contribution in [0.15, 0.2) is 18.2 Å². The summed E-state index contributed by atoms with van der Waals surface area (Å²) < 4.78 is 18.6.